The van der Waals surface area contributed by atoms with Gasteiger partial charge in [-0.25, -0.2) is 9.78 Å². The second-order valence-corrected chi connectivity index (χ2v) is 7.10. The molecule has 138 valence electrons. The van der Waals surface area contributed by atoms with Crippen LogP contribution in [0.2, 0.25) is 0 Å². The first kappa shape index (κ1) is 18.9. The minimum Gasteiger partial charge on any atom is -0.490 e. The summed E-state index contributed by atoms with van der Waals surface area (Å²) < 4.78 is 9.77. The van der Waals surface area contributed by atoms with E-state index in [1.54, 1.807) is 17.4 Å². The van der Waals surface area contributed by atoms with Gasteiger partial charge in [-0.1, -0.05) is 54.6 Å². The Morgan fingerprint density at radius 2 is 1.74 bits per heavy atom. The molecule has 1 aromatic heterocycles. The number of rotatable bonds is 6. The topological polar surface area (TPSA) is 48.4 Å². The highest BCUT2D eigenvalue weighted by molar-refractivity contribution is 7.15. The van der Waals surface area contributed by atoms with E-state index in [2.05, 4.69) is 31.2 Å². The fourth-order valence-corrected chi connectivity index (χ4v) is 3.77. The van der Waals surface area contributed by atoms with E-state index in [-0.39, 0.29) is 5.76 Å². The summed E-state index contributed by atoms with van der Waals surface area (Å²) in [4.78, 5) is 17.6. The number of carbonyl (C=O) groups excluding carboxylic acids is 1. The minimum atomic E-state index is -0.490. The fourth-order valence-electron chi connectivity index (χ4n) is 2.67. The number of carbonyl (C=O) groups is 1. The molecule has 0 bridgehead atoms. The Balaban J connectivity index is 1.76. The van der Waals surface area contributed by atoms with Gasteiger partial charge >= 0.3 is 5.97 Å². The summed E-state index contributed by atoms with van der Waals surface area (Å²) in [6, 6.07) is 18.3. The summed E-state index contributed by atoms with van der Waals surface area (Å²) in [5, 5.41) is 1.05. The van der Waals surface area contributed by atoms with Crippen LogP contribution in [0.25, 0.3) is 16.6 Å². The molecule has 0 fully saturated rings. The molecule has 0 unspecified atom stereocenters. The zero-order valence-electron chi connectivity index (χ0n) is 15.6. The van der Waals surface area contributed by atoms with Crippen molar-refractivity contribution in [1.29, 1.82) is 0 Å². The normalized spacial score (nSPS) is 11.3. The molecule has 2 aromatic carbocycles. The number of aryl methyl sites for hydroxylation is 1. The van der Waals surface area contributed by atoms with Crippen LogP contribution >= 0.6 is 11.3 Å². The average molecular weight is 379 g/mol. The molecular formula is C22H21NO3S. The third kappa shape index (κ3) is 4.63. The number of hydrogen-bond acceptors (Lipinski definition) is 5. The summed E-state index contributed by atoms with van der Waals surface area (Å²) in [5.74, 6) is -0.314. The highest BCUT2D eigenvalue weighted by atomic mass is 32.1. The SMILES string of the molecule is COC(=O)C(=Cc1ccc(Cc2sc(-c3ccccc3)nc2C)cc1)OC. The third-order valence-corrected chi connectivity index (χ3v) is 5.37. The van der Waals surface area contributed by atoms with E-state index in [1.165, 1.54) is 24.7 Å². The average Bonchev–Trinajstić information content (AvgIpc) is 3.08. The van der Waals surface area contributed by atoms with Crippen molar-refractivity contribution in [2.45, 2.75) is 13.3 Å². The summed E-state index contributed by atoms with van der Waals surface area (Å²) >= 11 is 1.73. The van der Waals surface area contributed by atoms with Crippen molar-refractivity contribution in [3.8, 4) is 10.6 Å². The third-order valence-electron chi connectivity index (χ3n) is 4.16. The molecule has 0 atom stereocenters. The van der Waals surface area contributed by atoms with Crippen molar-refractivity contribution in [2.24, 2.45) is 0 Å². The van der Waals surface area contributed by atoms with E-state index in [0.29, 0.717) is 0 Å². The molecular weight excluding hydrogens is 358 g/mol. The first-order chi connectivity index (χ1) is 13.1. The summed E-state index contributed by atoms with van der Waals surface area (Å²) in [5.41, 5.74) is 4.28. The van der Waals surface area contributed by atoms with E-state index < -0.39 is 5.97 Å². The highest BCUT2D eigenvalue weighted by Crippen LogP contribution is 2.29. The van der Waals surface area contributed by atoms with Crippen molar-refractivity contribution in [1.82, 2.24) is 4.98 Å². The lowest BCUT2D eigenvalue weighted by molar-refractivity contribution is -0.139. The van der Waals surface area contributed by atoms with E-state index in [0.717, 1.165) is 28.2 Å². The molecule has 0 saturated heterocycles. The Bertz CT molecular complexity index is 943. The number of benzene rings is 2. The van der Waals surface area contributed by atoms with Crippen LogP contribution < -0.4 is 0 Å². The Morgan fingerprint density at radius 1 is 1.04 bits per heavy atom. The molecule has 0 aliphatic heterocycles. The lowest BCUT2D eigenvalue weighted by Gasteiger charge is -2.04. The number of ether oxygens (including phenoxy) is 2. The standard InChI is InChI=1S/C22H21NO3S/c1-15-20(27-21(23-15)18-7-5-4-6-8-18)14-17-11-9-16(10-12-17)13-19(25-2)22(24)26-3/h4-13H,14H2,1-3H3. The fraction of sp³-hybridized carbons (Fsp3) is 0.182. The van der Waals surface area contributed by atoms with Gasteiger partial charge in [0.25, 0.3) is 0 Å². The molecule has 27 heavy (non-hydrogen) atoms. The maximum absolute atomic E-state index is 11.6. The molecule has 0 spiro atoms. The number of aromatic nitrogens is 1. The second-order valence-electron chi connectivity index (χ2n) is 6.02. The van der Waals surface area contributed by atoms with Crippen LogP contribution in [0.15, 0.2) is 60.4 Å². The first-order valence-corrected chi connectivity index (χ1v) is 9.37. The van der Waals surface area contributed by atoms with Gasteiger partial charge in [0, 0.05) is 16.9 Å². The van der Waals surface area contributed by atoms with Crippen molar-refractivity contribution in [3.05, 3.63) is 82.1 Å². The lowest BCUT2D eigenvalue weighted by Crippen LogP contribution is -2.06. The number of nitrogens with zero attached hydrogens (tertiary/aromatic N) is 1. The smallest absolute Gasteiger partial charge is 0.373 e. The zero-order chi connectivity index (χ0) is 19.2. The Labute approximate surface area is 163 Å². The number of thiazole rings is 1. The number of hydrogen-bond donors (Lipinski definition) is 0. The van der Waals surface area contributed by atoms with Crippen molar-refractivity contribution < 1.29 is 14.3 Å². The quantitative estimate of drug-likeness (QED) is 0.348. The van der Waals surface area contributed by atoms with Gasteiger partial charge in [0.2, 0.25) is 5.76 Å². The van der Waals surface area contributed by atoms with Crippen molar-refractivity contribution >= 4 is 23.4 Å². The van der Waals surface area contributed by atoms with Gasteiger partial charge in [0.1, 0.15) is 5.01 Å². The first-order valence-electron chi connectivity index (χ1n) is 8.55. The predicted octanol–water partition coefficient (Wildman–Crippen LogP) is 4.87. The van der Waals surface area contributed by atoms with Crippen LogP contribution in [-0.4, -0.2) is 25.2 Å². The van der Waals surface area contributed by atoms with Crippen LogP contribution in [-0.2, 0) is 20.7 Å². The van der Waals surface area contributed by atoms with Crippen molar-refractivity contribution in [3.63, 3.8) is 0 Å². The molecule has 5 heteroatoms. The van der Waals surface area contributed by atoms with Gasteiger partial charge in [0.05, 0.1) is 19.9 Å². The van der Waals surface area contributed by atoms with Crippen LogP contribution in [0, 0.1) is 6.92 Å². The van der Waals surface area contributed by atoms with E-state index in [1.807, 2.05) is 30.3 Å². The maximum Gasteiger partial charge on any atom is 0.373 e. The largest absolute Gasteiger partial charge is 0.490 e. The zero-order valence-corrected chi connectivity index (χ0v) is 16.4. The van der Waals surface area contributed by atoms with Gasteiger partial charge in [-0.2, -0.15) is 0 Å². The molecule has 4 nitrogen and oxygen atoms in total. The van der Waals surface area contributed by atoms with E-state index in [9.17, 15) is 4.79 Å². The van der Waals surface area contributed by atoms with Gasteiger partial charge in [-0.15, -0.1) is 11.3 Å². The van der Waals surface area contributed by atoms with Crippen molar-refractivity contribution in [2.75, 3.05) is 14.2 Å². The molecule has 3 aromatic rings. The molecule has 0 saturated carbocycles. The molecule has 1 heterocycles. The molecule has 0 aliphatic rings. The highest BCUT2D eigenvalue weighted by Gasteiger charge is 2.11. The molecule has 0 radical (unpaired) electrons. The molecule has 0 N–H and O–H groups in total. The maximum atomic E-state index is 11.6. The monoisotopic (exact) mass is 379 g/mol. The Morgan fingerprint density at radius 3 is 2.37 bits per heavy atom. The Kier molecular flexibility index (Phi) is 6.04. The van der Waals surface area contributed by atoms with Crippen LogP contribution in [0.4, 0.5) is 0 Å². The summed E-state index contributed by atoms with van der Waals surface area (Å²) in [6.07, 6.45) is 2.50. The molecule has 3 rings (SSSR count). The van der Waals surface area contributed by atoms with Gasteiger partial charge in [0.15, 0.2) is 0 Å². The summed E-state index contributed by atoms with van der Waals surface area (Å²) in [6.45, 7) is 2.05. The Hall–Kier alpha value is -2.92. The minimum absolute atomic E-state index is 0.177. The second kappa shape index (κ2) is 8.64. The molecule has 0 aliphatic carbocycles. The van der Waals surface area contributed by atoms with Crippen LogP contribution in [0.1, 0.15) is 21.7 Å². The predicted molar refractivity (Wildman–Crippen MR) is 109 cm³/mol. The van der Waals surface area contributed by atoms with Gasteiger partial charge < -0.3 is 9.47 Å². The number of methoxy groups -OCH3 is 2. The van der Waals surface area contributed by atoms with Crippen LogP contribution in [0.5, 0.6) is 0 Å². The lowest BCUT2D eigenvalue weighted by atomic mass is 10.1. The van der Waals surface area contributed by atoms with Gasteiger partial charge in [-0.3, -0.25) is 0 Å². The number of esters is 1. The molecule has 0 amide bonds. The van der Waals surface area contributed by atoms with E-state index >= 15 is 0 Å². The van der Waals surface area contributed by atoms with Gasteiger partial charge in [-0.05, 0) is 24.1 Å². The van der Waals surface area contributed by atoms with Crippen LogP contribution in [0.3, 0.4) is 0 Å². The van der Waals surface area contributed by atoms with E-state index in [4.69, 9.17) is 14.5 Å². The summed E-state index contributed by atoms with van der Waals surface area (Å²) in [7, 11) is 2.79.